The largest absolute Gasteiger partial charge is 0.409 e. The molecular weight excluding hydrogens is 238 g/mol. The first-order chi connectivity index (χ1) is 9.13. The molecule has 1 aromatic carbocycles. The van der Waals surface area contributed by atoms with E-state index in [2.05, 4.69) is 30.0 Å². The van der Waals surface area contributed by atoms with Gasteiger partial charge in [0.15, 0.2) is 5.84 Å². The Morgan fingerprint density at radius 2 is 1.95 bits per heavy atom. The van der Waals surface area contributed by atoms with E-state index in [1.807, 2.05) is 18.2 Å². The van der Waals surface area contributed by atoms with Crippen molar-refractivity contribution in [3.05, 3.63) is 35.4 Å². The summed E-state index contributed by atoms with van der Waals surface area (Å²) in [6.07, 6.45) is 3.80. The molecule has 0 aliphatic carbocycles. The first-order valence-electron chi connectivity index (χ1n) is 6.95. The summed E-state index contributed by atoms with van der Waals surface area (Å²) in [5.41, 5.74) is 7.70. The number of oxime groups is 1. The van der Waals surface area contributed by atoms with Crippen LogP contribution in [-0.2, 0) is 6.54 Å². The Hall–Kier alpha value is -1.55. The minimum atomic E-state index is 0.188. The quantitative estimate of drug-likeness (QED) is 0.380. The predicted molar refractivity (Wildman–Crippen MR) is 77.3 cm³/mol. The summed E-state index contributed by atoms with van der Waals surface area (Å²) in [7, 11) is 0. The van der Waals surface area contributed by atoms with Crippen LogP contribution in [0.2, 0.25) is 0 Å². The van der Waals surface area contributed by atoms with Gasteiger partial charge in [0.25, 0.3) is 0 Å². The number of hydrogen-bond donors (Lipinski definition) is 2. The van der Waals surface area contributed by atoms with Gasteiger partial charge in [0, 0.05) is 24.2 Å². The van der Waals surface area contributed by atoms with Crippen LogP contribution in [0.3, 0.4) is 0 Å². The Balaban J connectivity index is 2.23. The van der Waals surface area contributed by atoms with E-state index in [0.29, 0.717) is 12.1 Å². The maximum atomic E-state index is 8.87. The molecule has 19 heavy (non-hydrogen) atoms. The van der Waals surface area contributed by atoms with Crippen molar-refractivity contribution in [3.63, 3.8) is 0 Å². The maximum absolute atomic E-state index is 8.87. The molecule has 2 atom stereocenters. The molecule has 1 saturated heterocycles. The van der Waals surface area contributed by atoms with E-state index < -0.39 is 0 Å². The molecular formula is C15H23N3O. The van der Waals surface area contributed by atoms with E-state index in [9.17, 15) is 0 Å². The van der Waals surface area contributed by atoms with E-state index in [-0.39, 0.29) is 5.84 Å². The molecule has 0 radical (unpaired) electrons. The molecule has 0 spiro atoms. The van der Waals surface area contributed by atoms with Gasteiger partial charge in [0.2, 0.25) is 0 Å². The van der Waals surface area contributed by atoms with Crippen molar-refractivity contribution >= 4 is 5.84 Å². The number of nitrogens with zero attached hydrogens (tertiary/aromatic N) is 2. The van der Waals surface area contributed by atoms with Crippen LogP contribution in [0.25, 0.3) is 0 Å². The zero-order valence-corrected chi connectivity index (χ0v) is 11.7. The van der Waals surface area contributed by atoms with Crippen molar-refractivity contribution in [2.24, 2.45) is 10.9 Å². The fourth-order valence-electron chi connectivity index (χ4n) is 2.95. The highest BCUT2D eigenvalue weighted by atomic mass is 16.4. The molecule has 1 fully saturated rings. The van der Waals surface area contributed by atoms with Gasteiger partial charge < -0.3 is 10.9 Å². The molecule has 0 bridgehead atoms. The molecule has 0 saturated carbocycles. The molecule has 3 N–H and O–H groups in total. The lowest BCUT2D eigenvalue weighted by molar-refractivity contribution is 0.0952. The van der Waals surface area contributed by atoms with Gasteiger partial charge in [-0.3, -0.25) is 4.90 Å². The number of piperidine rings is 1. The number of benzene rings is 1. The van der Waals surface area contributed by atoms with E-state index in [4.69, 9.17) is 10.9 Å². The second-order valence-corrected chi connectivity index (χ2v) is 5.44. The molecule has 4 nitrogen and oxygen atoms in total. The third-order valence-corrected chi connectivity index (χ3v) is 4.13. The molecule has 0 aromatic heterocycles. The number of nitrogens with two attached hydrogens (primary N) is 1. The highest BCUT2D eigenvalue weighted by molar-refractivity contribution is 5.98. The lowest BCUT2D eigenvalue weighted by Gasteiger charge is -2.39. The van der Waals surface area contributed by atoms with Gasteiger partial charge in [-0.05, 0) is 32.3 Å². The van der Waals surface area contributed by atoms with Gasteiger partial charge >= 0.3 is 0 Å². The van der Waals surface area contributed by atoms with Crippen LogP contribution in [0.4, 0.5) is 0 Å². The first-order valence-corrected chi connectivity index (χ1v) is 6.95. The second kappa shape index (κ2) is 6.06. The summed E-state index contributed by atoms with van der Waals surface area (Å²) in [4.78, 5) is 2.51. The summed E-state index contributed by atoms with van der Waals surface area (Å²) >= 11 is 0. The Bertz CT molecular complexity index is 448. The molecule has 1 heterocycles. The van der Waals surface area contributed by atoms with Crippen molar-refractivity contribution in [1.29, 1.82) is 0 Å². The summed E-state index contributed by atoms with van der Waals surface area (Å²) < 4.78 is 0. The Morgan fingerprint density at radius 1 is 1.32 bits per heavy atom. The maximum Gasteiger partial charge on any atom is 0.170 e. The molecule has 1 aliphatic heterocycles. The van der Waals surface area contributed by atoms with Crippen molar-refractivity contribution in [3.8, 4) is 0 Å². The fraction of sp³-hybridized carbons (Fsp3) is 0.533. The molecule has 0 amide bonds. The van der Waals surface area contributed by atoms with Gasteiger partial charge in [-0.25, -0.2) is 0 Å². The minimum Gasteiger partial charge on any atom is -0.409 e. The van der Waals surface area contributed by atoms with Gasteiger partial charge in [0.05, 0.1) is 0 Å². The molecule has 1 aliphatic rings. The average molecular weight is 261 g/mol. The normalized spacial score (nSPS) is 25.5. The average Bonchev–Trinajstić information content (AvgIpc) is 2.42. The summed E-state index contributed by atoms with van der Waals surface area (Å²) in [6.45, 7) is 5.41. The van der Waals surface area contributed by atoms with E-state index >= 15 is 0 Å². The Morgan fingerprint density at radius 3 is 2.58 bits per heavy atom. The molecule has 2 rings (SSSR count). The monoisotopic (exact) mass is 261 g/mol. The van der Waals surface area contributed by atoms with Gasteiger partial charge in [0.1, 0.15) is 0 Å². The Labute approximate surface area is 114 Å². The van der Waals surface area contributed by atoms with Crippen LogP contribution >= 0.6 is 0 Å². The van der Waals surface area contributed by atoms with Crippen LogP contribution in [0, 0.1) is 0 Å². The SMILES string of the molecule is C[C@@H]1CCC[C@H](C)N1Cc1ccccc1/C(N)=N/O. The van der Waals surface area contributed by atoms with E-state index in [1.54, 1.807) is 0 Å². The molecule has 0 unspecified atom stereocenters. The number of likely N-dealkylation sites (tertiary alicyclic amines) is 1. The van der Waals surface area contributed by atoms with Gasteiger partial charge in [-0.2, -0.15) is 0 Å². The third kappa shape index (κ3) is 3.07. The van der Waals surface area contributed by atoms with E-state index in [0.717, 1.165) is 17.7 Å². The van der Waals surface area contributed by atoms with Crippen LogP contribution in [-0.4, -0.2) is 28.0 Å². The van der Waals surface area contributed by atoms with Gasteiger partial charge in [-0.15, -0.1) is 0 Å². The summed E-state index contributed by atoms with van der Waals surface area (Å²) in [5.74, 6) is 0.188. The standard InChI is InChI=1S/C15H23N3O/c1-11-6-5-7-12(2)18(11)10-13-8-3-4-9-14(13)15(16)17-19/h3-4,8-9,11-12,19H,5-7,10H2,1-2H3,(H2,16,17)/t11-,12+. The Kier molecular flexibility index (Phi) is 4.43. The molecule has 1 aromatic rings. The van der Waals surface area contributed by atoms with Crippen molar-refractivity contribution < 1.29 is 5.21 Å². The molecule has 104 valence electrons. The topological polar surface area (TPSA) is 61.8 Å². The minimum absolute atomic E-state index is 0.188. The fourth-order valence-corrected chi connectivity index (χ4v) is 2.95. The highest BCUT2D eigenvalue weighted by Gasteiger charge is 2.25. The third-order valence-electron chi connectivity index (χ3n) is 4.13. The van der Waals surface area contributed by atoms with Crippen LogP contribution in [0.5, 0.6) is 0 Å². The van der Waals surface area contributed by atoms with Crippen LogP contribution < -0.4 is 5.73 Å². The van der Waals surface area contributed by atoms with Crippen molar-refractivity contribution in [2.75, 3.05) is 0 Å². The zero-order chi connectivity index (χ0) is 13.8. The predicted octanol–water partition coefficient (Wildman–Crippen LogP) is 2.54. The molecule has 4 heteroatoms. The lowest BCUT2D eigenvalue weighted by atomic mass is 9.95. The number of amidine groups is 1. The lowest BCUT2D eigenvalue weighted by Crippen LogP contribution is -2.43. The summed E-state index contributed by atoms with van der Waals surface area (Å²) in [6, 6.07) is 9.06. The van der Waals surface area contributed by atoms with Gasteiger partial charge in [-0.1, -0.05) is 35.8 Å². The van der Waals surface area contributed by atoms with Crippen molar-refractivity contribution in [1.82, 2.24) is 4.90 Å². The van der Waals surface area contributed by atoms with E-state index in [1.165, 1.54) is 19.3 Å². The first kappa shape index (κ1) is 13.9. The van der Waals surface area contributed by atoms with Crippen LogP contribution in [0.1, 0.15) is 44.2 Å². The highest BCUT2D eigenvalue weighted by Crippen LogP contribution is 2.25. The van der Waals surface area contributed by atoms with Crippen LogP contribution in [0.15, 0.2) is 29.4 Å². The zero-order valence-electron chi connectivity index (χ0n) is 11.7. The number of hydrogen-bond acceptors (Lipinski definition) is 3. The smallest absolute Gasteiger partial charge is 0.170 e. The second-order valence-electron chi connectivity index (χ2n) is 5.44. The number of rotatable bonds is 3. The van der Waals surface area contributed by atoms with Crippen molar-refractivity contribution in [2.45, 2.75) is 51.7 Å². The summed E-state index contributed by atoms with van der Waals surface area (Å²) in [5, 5.41) is 12.0.